The van der Waals surface area contributed by atoms with Crippen molar-refractivity contribution in [2.45, 2.75) is 12.8 Å². The van der Waals surface area contributed by atoms with Gasteiger partial charge in [-0.1, -0.05) is 6.07 Å². The molecule has 0 aromatic carbocycles. The van der Waals surface area contributed by atoms with Crippen LogP contribution in [0.1, 0.15) is 22.5 Å². The lowest BCUT2D eigenvalue weighted by Crippen LogP contribution is -2.47. The molecule has 2 amide bonds. The minimum absolute atomic E-state index is 0.0481. The van der Waals surface area contributed by atoms with Gasteiger partial charge >= 0.3 is 5.97 Å². The number of nitrogens with zero attached hydrogens (tertiary/aromatic N) is 1. The molecule has 0 spiro atoms. The number of hydrazine groups is 1. The van der Waals surface area contributed by atoms with E-state index < -0.39 is 11.9 Å². The maximum Gasteiger partial charge on any atom is 0.317 e. The number of carbonyl (C=O) groups is 3. The Bertz CT molecular complexity index is 513. The van der Waals surface area contributed by atoms with Gasteiger partial charge < -0.3 is 5.11 Å². The first kappa shape index (κ1) is 15.5. The maximum absolute atomic E-state index is 11.8. The Hall–Kier alpha value is -1.93. The molecule has 114 valence electrons. The van der Waals surface area contributed by atoms with Gasteiger partial charge in [-0.25, -0.2) is 0 Å². The fourth-order valence-corrected chi connectivity index (χ4v) is 2.50. The highest BCUT2D eigenvalue weighted by Crippen LogP contribution is 2.29. The average Bonchev–Trinajstić information content (AvgIpc) is 3.05. The fourth-order valence-electron chi connectivity index (χ4n) is 1.88. The molecule has 7 nitrogen and oxygen atoms in total. The molecule has 0 atom stereocenters. The summed E-state index contributed by atoms with van der Waals surface area (Å²) in [6, 6.07) is 3.39. The summed E-state index contributed by atoms with van der Waals surface area (Å²) in [5.74, 6) is -1.30. The molecule has 1 heterocycles. The molecule has 1 aliphatic rings. The summed E-state index contributed by atoms with van der Waals surface area (Å²) in [5, 5.41) is 10.6. The van der Waals surface area contributed by atoms with Gasteiger partial charge in [-0.05, 0) is 30.2 Å². The Labute approximate surface area is 125 Å². The molecular formula is C13H17N3O4S. The van der Waals surface area contributed by atoms with Crippen molar-refractivity contribution in [1.82, 2.24) is 15.8 Å². The first-order valence-electron chi connectivity index (χ1n) is 6.61. The average molecular weight is 311 g/mol. The van der Waals surface area contributed by atoms with Crippen molar-refractivity contribution in [2.24, 2.45) is 5.92 Å². The highest BCUT2D eigenvalue weighted by Gasteiger charge is 2.26. The summed E-state index contributed by atoms with van der Waals surface area (Å²) in [4.78, 5) is 36.2. The second kappa shape index (κ2) is 7.19. The van der Waals surface area contributed by atoms with E-state index in [-0.39, 0.29) is 19.0 Å². The molecule has 1 aromatic rings. The normalized spacial score (nSPS) is 14.0. The molecule has 3 N–H and O–H groups in total. The second-order valence-electron chi connectivity index (χ2n) is 4.99. The third-order valence-corrected chi connectivity index (χ3v) is 3.87. The van der Waals surface area contributed by atoms with Crippen LogP contribution in [0.3, 0.4) is 0 Å². The third-order valence-electron chi connectivity index (χ3n) is 3.00. The van der Waals surface area contributed by atoms with Crippen LogP contribution in [0, 0.1) is 5.92 Å². The van der Waals surface area contributed by atoms with Crippen molar-refractivity contribution in [3.8, 4) is 0 Å². The van der Waals surface area contributed by atoms with Crippen LogP contribution in [0.15, 0.2) is 17.5 Å². The van der Waals surface area contributed by atoms with Crippen LogP contribution in [0.4, 0.5) is 0 Å². The minimum atomic E-state index is -0.967. The van der Waals surface area contributed by atoms with Crippen LogP contribution in [0.5, 0.6) is 0 Å². The number of hydrogen-bond donors (Lipinski definition) is 3. The van der Waals surface area contributed by atoms with Gasteiger partial charge in [0.25, 0.3) is 11.8 Å². The lowest BCUT2D eigenvalue weighted by molar-refractivity contribution is -0.138. The number of carbonyl (C=O) groups excluding carboxylic acids is 2. The van der Waals surface area contributed by atoms with Crippen molar-refractivity contribution in [1.29, 1.82) is 0 Å². The van der Waals surface area contributed by atoms with Gasteiger partial charge in [-0.2, -0.15) is 0 Å². The van der Waals surface area contributed by atoms with Crippen LogP contribution >= 0.6 is 11.3 Å². The Morgan fingerprint density at radius 3 is 2.62 bits per heavy atom. The van der Waals surface area contributed by atoms with E-state index >= 15 is 0 Å². The Morgan fingerprint density at radius 1 is 1.29 bits per heavy atom. The second-order valence-corrected chi connectivity index (χ2v) is 5.93. The zero-order valence-corrected chi connectivity index (χ0v) is 12.2. The Balaban J connectivity index is 1.75. The van der Waals surface area contributed by atoms with Crippen molar-refractivity contribution in [3.05, 3.63) is 22.4 Å². The monoisotopic (exact) mass is 311 g/mol. The van der Waals surface area contributed by atoms with E-state index in [9.17, 15) is 14.4 Å². The standard InChI is InChI=1S/C13H17N3O4S/c17-11(14-15-13(20)10-2-1-5-21-10)7-16(8-12(18)19)6-9-3-4-9/h1-2,5,9H,3-4,6-8H2,(H,14,17)(H,15,20)(H,18,19). The lowest BCUT2D eigenvalue weighted by atomic mass is 10.3. The summed E-state index contributed by atoms with van der Waals surface area (Å²) >= 11 is 1.27. The number of carboxylic acid groups (broad SMARTS) is 1. The van der Waals surface area contributed by atoms with Crippen LogP contribution in [-0.2, 0) is 9.59 Å². The lowest BCUT2D eigenvalue weighted by Gasteiger charge is -2.19. The zero-order chi connectivity index (χ0) is 15.2. The van der Waals surface area contributed by atoms with Crippen LogP contribution in [-0.4, -0.2) is 47.4 Å². The number of aliphatic carboxylic acids is 1. The van der Waals surface area contributed by atoms with Crippen molar-refractivity contribution in [3.63, 3.8) is 0 Å². The highest BCUT2D eigenvalue weighted by atomic mass is 32.1. The molecule has 1 aromatic heterocycles. The SMILES string of the molecule is O=C(O)CN(CC(=O)NNC(=O)c1cccs1)CC1CC1. The molecule has 2 rings (SSSR count). The van der Waals surface area contributed by atoms with Crippen molar-refractivity contribution < 1.29 is 19.5 Å². The van der Waals surface area contributed by atoms with Crippen LogP contribution in [0.25, 0.3) is 0 Å². The number of rotatable bonds is 7. The van der Waals surface area contributed by atoms with Gasteiger partial charge in [0.05, 0.1) is 18.0 Å². The molecule has 0 radical (unpaired) electrons. The zero-order valence-electron chi connectivity index (χ0n) is 11.4. The summed E-state index contributed by atoms with van der Waals surface area (Å²) in [5.41, 5.74) is 4.61. The number of thiophene rings is 1. The summed E-state index contributed by atoms with van der Waals surface area (Å²) < 4.78 is 0. The highest BCUT2D eigenvalue weighted by molar-refractivity contribution is 7.12. The first-order chi connectivity index (χ1) is 10.0. The molecule has 8 heteroatoms. The van der Waals surface area contributed by atoms with E-state index in [1.807, 2.05) is 0 Å². The first-order valence-corrected chi connectivity index (χ1v) is 7.49. The van der Waals surface area contributed by atoms with Crippen molar-refractivity contribution >= 4 is 29.1 Å². The van der Waals surface area contributed by atoms with E-state index in [1.165, 1.54) is 11.3 Å². The van der Waals surface area contributed by atoms with Crippen molar-refractivity contribution in [2.75, 3.05) is 19.6 Å². The number of carboxylic acids is 1. The predicted molar refractivity (Wildman–Crippen MR) is 76.7 cm³/mol. The van der Waals surface area contributed by atoms with Crippen LogP contribution in [0.2, 0.25) is 0 Å². The smallest absolute Gasteiger partial charge is 0.317 e. The van der Waals surface area contributed by atoms with E-state index in [0.717, 1.165) is 12.8 Å². The fraction of sp³-hybridized carbons (Fsp3) is 0.462. The van der Waals surface area contributed by atoms with E-state index in [0.29, 0.717) is 17.3 Å². The molecule has 0 bridgehead atoms. The predicted octanol–water partition coefficient (Wildman–Crippen LogP) is 0.306. The summed E-state index contributed by atoms with van der Waals surface area (Å²) in [6.07, 6.45) is 2.15. The number of amides is 2. The van der Waals surface area contributed by atoms with E-state index in [1.54, 1.807) is 22.4 Å². The third kappa shape index (κ3) is 5.52. The minimum Gasteiger partial charge on any atom is -0.480 e. The number of hydrogen-bond acceptors (Lipinski definition) is 5. The molecular weight excluding hydrogens is 294 g/mol. The molecule has 0 aliphatic heterocycles. The van der Waals surface area contributed by atoms with Crippen LogP contribution < -0.4 is 10.9 Å². The van der Waals surface area contributed by atoms with Gasteiger partial charge in [-0.3, -0.25) is 30.1 Å². The van der Waals surface area contributed by atoms with E-state index in [4.69, 9.17) is 5.11 Å². The summed E-state index contributed by atoms with van der Waals surface area (Å²) in [7, 11) is 0. The molecule has 1 fully saturated rings. The Kier molecular flexibility index (Phi) is 5.29. The number of nitrogens with one attached hydrogen (secondary N) is 2. The summed E-state index contributed by atoms with van der Waals surface area (Å²) in [6.45, 7) is 0.370. The van der Waals surface area contributed by atoms with Gasteiger partial charge in [0, 0.05) is 6.54 Å². The topological polar surface area (TPSA) is 98.7 Å². The van der Waals surface area contributed by atoms with Gasteiger partial charge in [-0.15, -0.1) is 11.3 Å². The largest absolute Gasteiger partial charge is 0.480 e. The Morgan fingerprint density at radius 2 is 2.05 bits per heavy atom. The quantitative estimate of drug-likeness (QED) is 0.629. The van der Waals surface area contributed by atoms with Gasteiger partial charge in [0.15, 0.2) is 0 Å². The molecule has 0 saturated heterocycles. The molecule has 21 heavy (non-hydrogen) atoms. The van der Waals surface area contributed by atoms with Gasteiger partial charge in [0.1, 0.15) is 0 Å². The molecule has 1 saturated carbocycles. The van der Waals surface area contributed by atoms with Gasteiger partial charge in [0.2, 0.25) is 0 Å². The molecule has 0 unspecified atom stereocenters. The molecule has 1 aliphatic carbocycles. The van der Waals surface area contributed by atoms with E-state index in [2.05, 4.69) is 10.9 Å². The maximum atomic E-state index is 11.8.